The minimum atomic E-state index is -0.694. The normalized spacial score (nSPS) is 23.4. The fraction of sp³-hybridized carbons (Fsp3) is 0.524. The standard InChI is InChI=1S/C21H24N2O8/c1-28-19(26)13-9-14(20(27)29-2)11-15(10-13)23-17(24)12-16(18(23)25)22-5-3-21(4-6-22)30-7-8-31-21/h9-11,16H,3-8,12H2,1-2H3/t16-/m1/s1. The maximum atomic E-state index is 13.2. The molecule has 0 radical (unpaired) electrons. The summed E-state index contributed by atoms with van der Waals surface area (Å²) in [5.41, 5.74) is 0.219. The lowest BCUT2D eigenvalue weighted by Gasteiger charge is -2.39. The highest BCUT2D eigenvalue weighted by Crippen LogP contribution is 2.35. The average Bonchev–Trinajstić information content (AvgIpc) is 3.36. The summed E-state index contributed by atoms with van der Waals surface area (Å²) >= 11 is 0. The lowest BCUT2D eigenvalue weighted by atomic mass is 10.0. The van der Waals surface area contributed by atoms with Crippen molar-refractivity contribution in [1.29, 1.82) is 0 Å². The molecule has 4 rings (SSSR count). The topological polar surface area (TPSA) is 112 Å². The van der Waals surface area contributed by atoms with Gasteiger partial charge in [-0.25, -0.2) is 14.5 Å². The first-order valence-corrected chi connectivity index (χ1v) is 10.1. The van der Waals surface area contributed by atoms with Crippen LogP contribution in [0.4, 0.5) is 5.69 Å². The molecule has 10 nitrogen and oxygen atoms in total. The van der Waals surface area contributed by atoms with E-state index in [0.29, 0.717) is 39.1 Å². The Labute approximate surface area is 179 Å². The first-order valence-electron chi connectivity index (χ1n) is 10.1. The molecule has 1 aromatic carbocycles. The van der Waals surface area contributed by atoms with Crippen molar-refractivity contribution in [2.45, 2.75) is 31.1 Å². The van der Waals surface area contributed by atoms with E-state index in [0.717, 1.165) is 4.90 Å². The molecule has 1 spiro atoms. The second-order valence-corrected chi connectivity index (χ2v) is 7.68. The van der Waals surface area contributed by atoms with E-state index in [4.69, 9.17) is 18.9 Å². The Morgan fingerprint density at radius 3 is 2.03 bits per heavy atom. The number of methoxy groups -OCH3 is 2. The van der Waals surface area contributed by atoms with Gasteiger partial charge in [-0.2, -0.15) is 0 Å². The molecule has 3 fully saturated rings. The average molecular weight is 432 g/mol. The zero-order valence-corrected chi connectivity index (χ0v) is 17.4. The molecule has 3 aliphatic rings. The molecule has 1 atom stereocenters. The Kier molecular flexibility index (Phi) is 5.78. The maximum Gasteiger partial charge on any atom is 0.337 e. The highest BCUT2D eigenvalue weighted by Gasteiger charge is 2.47. The third-order valence-electron chi connectivity index (χ3n) is 5.96. The number of hydrogen-bond acceptors (Lipinski definition) is 9. The Balaban J connectivity index is 1.57. The summed E-state index contributed by atoms with van der Waals surface area (Å²) in [5, 5.41) is 0. The van der Waals surface area contributed by atoms with Gasteiger partial charge in [0.25, 0.3) is 5.91 Å². The summed E-state index contributed by atoms with van der Waals surface area (Å²) in [7, 11) is 2.41. The number of carbonyl (C=O) groups excluding carboxylic acids is 4. The summed E-state index contributed by atoms with van der Waals surface area (Å²) in [6, 6.07) is 3.41. The van der Waals surface area contributed by atoms with Crippen molar-refractivity contribution in [1.82, 2.24) is 4.90 Å². The van der Waals surface area contributed by atoms with Crippen LogP contribution in [0.3, 0.4) is 0 Å². The van der Waals surface area contributed by atoms with E-state index in [9.17, 15) is 19.2 Å². The van der Waals surface area contributed by atoms with Gasteiger partial charge in [-0.05, 0) is 18.2 Å². The van der Waals surface area contributed by atoms with Crippen molar-refractivity contribution in [3.63, 3.8) is 0 Å². The first-order chi connectivity index (χ1) is 14.9. The van der Waals surface area contributed by atoms with Crippen LogP contribution in [-0.2, 0) is 28.5 Å². The molecule has 2 amide bonds. The van der Waals surface area contributed by atoms with Crippen molar-refractivity contribution in [3.8, 4) is 0 Å². The summed E-state index contributed by atoms with van der Waals surface area (Å²) in [5.74, 6) is -2.76. The largest absolute Gasteiger partial charge is 0.465 e. The lowest BCUT2D eigenvalue weighted by Crippen LogP contribution is -2.51. The molecule has 10 heteroatoms. The SMILES string of the molecule is COC(=O)c1cc(C(=O)OC)cc(N2C(=O)C[C@@H](N3CCC4(CC3)OCCO4)C2=O)c1. The maximum absolute atomic E-state index is 13.2. The van der Waals surface area contributed by atoms with E-state index in [-0.39, 0.29) is 23.2 Å². The van der Waals surface area contributed by atoms with Crippen LogP contribution in [-0.4, -0.2) is 81.0 Å². The smallest absolute Gasteiger partial charge is 0.337 e. The Hall–Kier alpha value is -2.82. The predicted octanol–water partition coefficient (Wildman–Crippen LogP) is 0.731. The molecular formula is C21H24N2O8. The van der Waals surface area contributed by atoms with Gasteiger partial charge < -0.3 is 18.9 Å². The van der Waals surface area contributed by atoms with Crippen molar-refractivity contribution in [2.24, 2.45) is 0 Å². The van der Waals surface area contributed by atoms with E-state index in [1.807, 2.05) is 4.90 Å². The number of imide groups is 1. The number of ether oxygens (including phenoxy) is 4. The Morgan fingerprint density at radius 2 is 1.52 bits per heavy atom. The predicted molar refractivity (Wildman–Crippen MR) is 105 cm³/mol. The summed E-state index contributed by atoms with van der Waals surface area (Å²) in [4.78, 5) is 53.1. The molecule has 3 heterocycles. The minimum Gasteiger partial charge on any atom is -0.465 e. The van der Waals surface area contributed by atoms with Crippen molar-refractivity contribution in [2.75, 3.05) is 45.4 Å². The molecule has 3 saturated heterocycles. The van der Waals surface area contributed by atoms with Crippen LogP contribution in [0.1, 0.15) is 40.0 Å². The van der Waals surface area contributed by atoms with Crippen LogP contribution in [0.25, 0.3) is 0 Å². The number of likely N-dealkylation sites (tertiary alicyclic amines) is 1. The molecule has 0 unspecified atom stereocenters. The molecule has 0 N–H and O–H groups in total. The van der Waals surface area contributed by atoms with Gasteiger partial charge in [0.05, 0.1) is 56.7 Å². The summed E-state index contributed by atoms with van der Waals surface area (Å²) in [6.07, 6.45) is 1.26. The van der Waals surface area contributed by atoms with Crippen molar-refractivity contribution in [3.05, 3.63) is 29.3 Å². The highest BCUT2D eigenvalue weighted by molar-refractivity contribution is 6.23. The number of nitrogens with zero attached hydrogens (tertiary/aromatic N) is 2. The van der Waals surface area contributed by atoms with Gasteiger partial charge in [0, 0.05) is 25.9 Å². The number of hydrogen-bond donors (Lipinski definition) is 0. The Morgan fingerprint density at radius 1 is 0.968 bits per heavy atom. The fourth-order valence-corrected chi connectivity index (χ4v) is 4.35. The van der Waals surface area contributed by atoms with Gasteiger partial charge >= 0.3 is 11.9 Å². The van der Waals surface area contributed by atoms with Gasteiger partial charge in [-0.1, -0.05) is 0 Å². The quantitative estimate of drug-likeness (QED) is 0.502. The van der Waals surface area contributed by atoms with Crippen LogP contribution < -0.4 is 4.90 Å². The minimum absolute atomic E-state index is 0.0174. The van der Waals surface area contributed by atoms with E-state index in [1.54, 1.807) is 0 Å². The van der Waals surface area contributed by atoms with Crippen LogP contribution >= 0.6 is 0 Å². The molecule has 0 bridgehead atoms. The second kappa shape index (κ2) is 8.37. The number of benzene rings is 1. The molecular weight excluding hydrogens is 408 g/mol. The molecule has 0 saturated carbocycles. The van der Waals surface area contributed by atoms with E-state index >= 15 is 0 Å². The molecule has 166 valence electrons. The van der Waals surface area contributed by atoms with Crippen molar-refractivity contribution >= 4 is 29.4 Å². The molecule has 3 aliphatic heterocycles. The zero-order valence-electron chi connectivity index (χ0n) is 17.4. The fourth-order valence-electron chi connectivity index (χ4n) is 4.35. The van der Waals surface area contributed by atoms with Crippen LogP contribution in [0.5, 0.6) is 0 Å². The van der Waals surface area contributed by atoms with Gasteiger partial charge in [0.15, 0.2) is 5.79 Å². The van der Waals surface area contributed by atoms with Gasteiger partial charge in [-0.15, -0.1) is 0 Å². The highest BCUT2D eigenvalue weighted by atomic mass is 16.7. The molecule has 31 heavy (non-hydrogen) atoms. The monoisotopic (exact) mass is 432 g/mol. The van der Waals surface area contributed by atoms with Gasteiger partial charge in [0.2, 0.25) is 5.91 Å². The summed E-state index contributed by atoms with van der Waals surface area (Å²) < 4.78 is 20.9. The van der Waals surface area contributed by atoms with Crippen LogP contribution in [0, 0.1) is 0 Å². The van der Waals surface area contributed by atoms with E-state index in [1.165, 1.54) is 32.4 Å². The van der Waals surface area contributed by atoms with E-state index in [2.05, 4.69) is 0 Å². The second-order valence-electron chi connectivity index (χ2n) is 7.68. The zero-order chi connectivity index (χ0) is 22.2. The molecule has 0 aromatic heterocycles. The van der Waals surface area contributed by atoms with Crippen LogP contribution in [0.2, 0.25) is 0 Å². The number of amides is 2. The number of carbonyl (C=O) groups is 4. The van der Waals surface area contributed by atoms with Gasteiger partial charge in [-0.3, -0.25) is 14.5 Å². The first kappa shape index (κ1) is 21.4. The number of anilines is 1. The molecule has 0 aliphatic carbocycles. The number of esters is 2. The number of rotatable bonds is 4. The Bertz CT molecular complexity index is 880. The number of piperidine rings is 1. The van der Waals surface area contributed by atoms with E-state index < -0.39 is 35.6 Å². The lowest BCUT2D eigenvalue weighted by molar-refractivity contribution is -0.188. The summed E-state index contributed by atoms with van der Waals surface area (Å²) in [6.45, 7) is 2.25. The third kappa shape index (κ3) is 3.93. The third-order valence-corrected chi connectivity index (χ3v) is 5.96. The van der Waals surface area contributed by atoms with Crippen molar-refractivity contribution < 1.29 is 38.1 Å². The van der Waals surface area contributed by atoms with Crippen LogP contribution in [0.15, 0.2) is 18.2 Å². The van der Waals surface area contributed by atoms with Gasteiger partial charge in [0.1, 0.15) is 0 Å². The molecule has 1 aromatic rings.